The van der Waals surface area contributed by atoms with Gasteiger partial charge in [0.25, 0.3) is 0 Å². The minimum absolute atomic E-state index is 0.0394. The normalized spacial score (nSPS) is 15.5. The second-order valence-electron chi connectivity index (χ2n) is 7.74. The largest absolute Gasteiger partial charge is 0.490 e. The van der Waals surface area contributed by atoms with Crippen molar-refractivity contribution in [1.29, 1.82) is 0 Å². The van der Waals surface area contributed by atoms with E-state index in [1.807, 2.05) is 19.1 Å². The first-order valence-electron chi connectivity index (χ1n) is 10.8. The second kappa shape index (κ2) is 11.9. The number of nitrogens with one attached hydrogen (secondary N) is 1. The molecule has 1 aliphatic rings. The first-order valence-corrected chi connectivity index (χ1v) is 12.0. The Balaban J connectivity index is 1.70. The van der Waals surface area contributed by atoms with Crippen LogP contribution in [-0.4, -0.2) is 12.6 Å². The molecular formula is C24H30BrClFNO2. The van der Waals surface area contributed by atoms with Gasteiger partial charge < -0.3 is 14.8 Å². The lowest BCUT2D eigenvalue weighted by Gasteiger charge is -2.22. The van der Waals surface area contributed by atoms with Gasteiger partial charge in [0.1, 0.15) is 12.4 Å². The summed E-state index contributed by atoms with van der Waals surface area (Å²) in [5.74, 6) is 0.847. The molecule has 6 heteroatoms. The molecule has 3 nitrogen and oxygen atoms in total. The van der Waals surface area contributed by atoms with Crippen LogP contribution in [0.4, 0.5) is 4.39 Å². The molecule has 0 atom stereocenters. The molecule has 0 amide bonds. The maximum Gasteiger partial charge on any atom is 0.162 e. The third kappa shape index (κ3) is 6.60. The molecule has 1 N–H and O–H groups in total. The van der Waals surface area contributed by atoms with Crippen molar-refractivity contribution < 1.29 is 13.9 Å². The number of halogens is 3. The topological polar surface area (TPSA) is 30.5 Å². The van der Waals surface area contributed by atoms with E-state index < -0.39 is 0 Å². The molecule has 0 radical (unpaired) electrons. The number of hydrogen-bond donors (Lipinski definition) is 1. The maximum absolute atomic E-state index is 14.1. The van der Waals surface area contributed by atoms with E-state index in [2.05, 4.69) is 21.2 Å². The van der Waals surface area contributed by atoms with Crippen LogP contribution in [0.1, 0.15) is 63.0 Å². The molecule has 0 aliphatic heterocycles. The van der Waals surface area contributed by atoms with Gasteiger partial charge in [0.2, 0.25) is 0 Å². The number of ether oxygens (including phenoxy) is 2. The van der Waals surface area contributed by atoms with Gasteiger partial charge in [-0.15, -0.1) is 0 Å². The van der Waals surface area contributed by atoms with Gasteiger partial charge in [-0.3, -0.25) is 0 Å². The molecule has 164 valence electrons. The van der Waals surface area contributed by atoms with E-state index >= 15 is 0 Å². The number of hydrogen-bond acceptors (Lipinski definition) is 3. The van der Waals surface area contributed by atoms with E-state index in [-0.39, 0.29) is 12.4 Å². The van der Waals surface area contributed by atoms with Crippen molar-refractivity contribution >= 4 is 27.5 Å². The lowest BCUT2D eigenvalue weighted by molar-refractivity contribution is 0.265. The van der Waals surface area contributed by atoms with Crippen LogP contribution >= 0.6 is 27.5 Å². The third-order valence-electron chi connectivity index (χ3n) is 5.53. The van der Waals surface area contributed by atoms with Gasteiger partial charge in [0.15, 0.2) is 11.5 Å². The highest BCUT2D eigenvalue weighted by atomic mass is 79.9. The van der Waals surface area contributed by atoms with Gasteiger partial charge in [-0.1, -0.05) is 65.7 Å². The molecule has 0 bridgehead atoms. The SMILES string of the molecule is CCOc1cc(CNC2CCCCCCC2)c(Br)cc1OCc1c(F)cccc1Cl. The molecule has 0 heterocycles. The molecule has 30 heavy (non-hydrogen) atoms. The van der Waals surface area contributed by atoms with E-state index in [1.54, 1.807) is 12.1 Å². The summed E-state index contributed by atoms with van der Waals surface area (Å²) >= 11 is 9.79. The molecule has 0 aromatic heterocycles. The van der Waals surface area contributed by atoms with E-state index in [4.69, 9.17) is 21.1 Å². The Morgan fingerprint density at radius 3 is 2.47 bits per heavy atom. The van der Waals surface area contributed by atoms with Crippen molar-refractivity contribution in [1.82, 2.24) is 5.32 Å². The molecule has 1 aliphatic carbocycles. The predicted octanol–water partition coefficient (Wildman–Crippen LogP) is 7.42. The van der Waals surface area contributed by atoms with Crippen molar-refractivity contribution in [2.75, 3.05) is 6.61 Å². The minimum atomic E-state index is -0.375. The first kappa shape index (κ1) is 23.4. The summed E-state index contributed by atoms with van der Waals surface area (Å²) in [4.78, 5) is 0. The Hall–Kier alpha value is -1.30. The minimum Gasteiger partial charge on any atom is -0.490 e. The lowest BCUT2D eigenvalue weighted by Crippen LogP contribution is -2.29. The van der Waals surface area contributed by atoms with Crippen LogP contribution in [0.2, 0.25) is 5.02 Å². The Morgan fingerprint density at radius 1 is 1.07 bits per heavy atom. The van der Waals surface area contributed by atoms with Gasteiger partial charge in [-0.25, -0.2) is 4.39 Å². The van der Waals surface area contributed by atoms with Gasteiger partial charge >= 0.3 is 0 Å². The van der Waals surface area contributed by atoms with E-state index in [0.29, 0.717) is 34.7 Å². The van der Waals surface area contributed by atoms with E-state index in [0.717, 1.165) is 16.6 Å². The van der Waals surface area contributed by atoms with Gasteiger partial charge in [0.05, 0.1) is 11.6 Å². The number of benzene rings is 2. The molecule has 1 saturated carbocycles. The van der Waals surface area contributed by atoms with Crippen molar-refractivity contribution in [3.63, 3.8) is 0 Å². The molecule has 3 rings (SSSR count). The molecule has 0 unspecified atom stereocenters. The summed E-state index contributed by atoms with van der Waals surface area (Å²) in [7, 11) is 0. The van der Waals surface area contributed by atoms with E-state index in [1.165, 1.54) is 51.0 Å². The van der Waals surface area contributed by atoms with Gasteiger partial charge in [-0.05, 0) is 49.6 Å². The van der Waals surface area contributed by atoms with Crippen molar-refractivity contribution in [3.8, 4) is 11.5 Å². The Labute approximate surface area is 192 Å². The number of rotatable bonds is 8. The third-order valence-corrected chi connectivity index (χ3v) is 6.62. The Morgan fingerprint density at radius 2 is 1.77 bits per heavy atom. The quantitative estimate of drug-likeness (QED) is 0.411. The van der Waals surface area contributed by atoms with Crippen molar-refractivity contribution in [2.45, 2.75) is 71.1 Å². The monoisotopic (exact) mass is 497 g/mol. The zero-order valence-electron chi connectivity index (χ0n) is 17.5. The molecule has 0 saturated heterocycles. The standard InChI is InChI=1S/C24H30BrClFNO2/c1-2-29-23-13-17(15-28-18-9-6-4-3-5-7-10-18)20(25)14-24(23)30-16-19-21(26)11-8-12-22(19)27/h8,11-14,18,28H,2-7,9-10,15-16H2,1H3. The summed E-state index contributed by atoms with van der Waals surface area (Å²) < 4.78 is 26.7. The predicted molar refractivity (Wildman–Crippen MR) is 124 cm³/mol. The molecule has 1 fully saturated rings. The zero-order valence-corrected chi connectivity index (χ0v) is 19.8. The lowest BCUT2D eigenvalue weighted by atomic mass is 9.96. The van der Waals surface area contributed by atoms with Crippen LogP contribution in [0.25, 0.3) is 0 Å². The molecule has 0 spiro atoms. The summed E-state index contributed by atoms with van der Waals surface area (Å²) in [6, 6.07) is 9.09. The Bertz CT molecular complexity index is 805. The first-order chi connectivity index (χ1) is 14.6. The average molecular weight is 499 g/mol. The fourth-order valence-electron chi connectivity index (χ4n) is 3.83. The Kier molecular flexibility index (Phi) is 9.28. The van der Waals surface area contributed by atoms with Crippen LogP contribution in [0, 0.1) is 5.82 Å². The average Bonchev–Trinajstić information content (AvgIpc) is 2.69. The zero-order chi connectivity index (χ0) is 21.3. The van der Waals surface area contributed by atoms with E-state index in [9.17, 15) is 4.39 Å². The van der Waals surface area contributed by atoms with Crippen LogP contribution < -0.4 is 14.8 Å². The summed E-state index contributed by atoms with van der Waals surface area (Å²) in [6.07, 6.45) is 9.13. The van der Waals surface area contributed by atoms with Crippen LogP contribution in [0.3, 0.4) is 0 Å². The van der Waals surface area contributed by atoms with Crippen LogP contribution in [0.15, 0.2) is 34.8 Å². The maximum atomic E-state index is 14.1. The highest BCUT2D eigenvalue weighted by Crippen LogP contribution is 2.35. The smallest absolute Gasteiger partial charge is 0.162 e. The van der Waals surface area contributed by atoms with Crippen LogP contribution in [0.5, 0.6) is 11.5 Å². The van der Waals surface area contributed by atoms with Crippen molar-refractivity contribution in [3.05, 3.63) is 56.8 Å². The van der Waals surface area contributed by atoms with Gasteiger partial charge in [0, 0.05) is 22.6 Å². The highest BCUT2D eigenvalue weighted by Gasteiger charge is 2.16. The fourth-order valence-corrected chi connectivity index (χ4v) is 4.51. The van der Waals surface area contributed by atoms with Crippen LogP contribution in [-0.2, 0) is 13.2 Å². The fraction of sp³-hybridized carbons (Fsp3) is 0.500. The summed E-state index contributed by atoms with van der Waals surface area (Å²) in [6.45, 7) is 3.27. The second-order valence-corrected chi connectivity index (χ2v) is 9.00. The summed E-state index contributed by atoms with van der Waals surface area (Å²) in [5.41, 5.74) is 1.46. The van der Waals surface area contributed by atoms with Crippen molar-refractivity contribution in [2.24, 2.45) is 0 Å². The van der Waals surface area contributed by atoms with Gasteiger partial charge in [-0.2, -0.15) is 0 Å². The highest BCUT2D eigenvalue weighted by molar-refractivity contribution is 9.10. The molecule has 2 aromatic carbocycles. The molecule has 2 aromatic rings. The molecular weight excluding hydrogens is 469 g/mol. The summed E-state index contributed by atoms with van der Waals surface area (Å²) in [5, 5.41) is 4.07.